The molecular formula is C18H26N2O3. The van der Waals surface area contributed by atoms with Gasteiger partial charge in [0.2, 0.25) is 0 Å². The van der Waals surface area contributed by atoms with E-state index < -0.39 is 0 Å². The van der Waals surface area contributed by atoms with E-state index in [0.717, 1.165) is 38.3 Å². The maximum atomic E-state index is 12.8. The summed E-state index contributed by atoms with van der Waals surface area (Å²) >= 11 is 0. The molecule has 0 N–H and O–H groups in total. The first-order chi connectivity index (χ1) is 10.8. The number of amides is 1. The van der Waals surface area contributed by atoms with E-state index in [1.165, 1.54) is 0 Å². The molecule has 0 atom stereocenters. The molecule has 1 aromatic heterocycles. The number of hydrogen-bond acceptors (Lipinski definition) is 4. The number of furan rings is 1. The predicted molar refractivity (Wildman–Crippen MR) is 87.9 cm³/mol. The van der Waals surface area contributed by atoms with Crippen molar-refractivity contribution in [3.8, 4) is 0 Å². The van der Waals surface area contributed by atoms with Crippen LogP contribution in [0.4, 0.5) is 0 Å². The van der Waals surface area contributed by atoms with Gasteiger partial charge < -0.3 is 14.2 Å². The van der Waals surface area contributed by atoms with Gasteiger partial charge in [-0.05, 0) is 18.9 Å². The molecule has 5 nitrogen and oxygen atoms in total. The molecule has 0 aromatic carbocycles. The lowest BCUT2D eigenvalue weighted by atomic mass is 9.76. The molecule has 1 amide bonds. The maximum absolute atomic E-state index is 12.8. The van der Waals surface area contributed by atoms with Gasteiger partial charge in [0, 0.05) is 44.6 Å². The zero-order valence-corrected chi connectivity index (χ0v) is 14.6. The topological polar surface area (TPSA) is 53.8 Å². The molecule has 1 aliphatic carbocycles. The average molecular weight is 318 g/mol. The Morgan fingerprint density at radius 3 is 2.43 bits per heavy atom. The van der Waals surface area contributed by atoms with E-state index in [2.05, 4.69) is 25.7 Å². The van der Waals surface area contributed by atoms with Crippen molar-refractivity contribution < 1.29 is 14.0 Å². The van der Waals surface area contributed by atoms with Crippen LogP contribution in [0.15, 0.2) is 4.42 Å². The van der Waals surface area contributed by atoms with E-state index in [4.69, 9.17) is 4.42 Å². The van der Waals surface area contributed by atoms with Crippen molar-refractivity contribution in [3.63, 3.8) is 0 Å². The third-order valence-corrected chi connectivity index (χ3v) is 5.08. The summed E-state index contributed by atoms with van der Waals surface area (Å²) in [5.74, 6) is 1.09. The molecule has 0 saturated carbocycles. The summed E-state index contributed by atoms with van der Waals surface area (Å²) in [4.78, 5) is 29.4. The highest BCUT2D eigenvalue weighted by molar-refractivity contribution is 6.03. The molecule has 2 aliphatic rings. The standard InChI is InChI=1S/C18H26N2O3/c1-5-19-6-8-20(9-7-19)17(22)16-12(2)15-13(21)10-18(3,4)11-14(15)23-16/h5-11H2,1-4H3. The van der Waals surface area contributed by atoms with Gasteiger partial charge in [0.25, 0.3) is 5.91 Å². The Kier molecular flexibility index (Phi) is 4.08. The molecule has 5 heteroatoms. The van der Waals surface area contributed by atoms with Gasteiger partial charge in [-0.1, -0.05) is 20.8 Å². The number of likely N-dealkylation sites (N-methyl/N-ethyl adjacent to an activating group) is 1. The van der Waals surface area contributed by atoms with Crippen molar-refractivity contribution in [2.45, 2.75) is 40.5 Å². The molecule has 0 spiro atoms. The van der Waals surface area contributed by atoms with Crippen LogP contribution in [-0.2, 0) is 6.42 Å². The zero-order chi connectivity index (χ0) is 16.8. The highest BCUT2D eigenvalue weighted by Gasteiger charge is 2.38. The van der Waals surface area contributed by atoms with Crippen molar-refractivity contribution >= 4 is 11.7 Å². The van der Waals surface area contributed by atoms with Crippen molar-refractivity contribution in [2.75, 3.05) is 32.7 Å². The number of rotatable bonds is 2. The third-order valence-electron chi connectivity index (χ3n) is 5.08. The van der Waals surface area contributed by atoms with Gasteiger partial charge >= 0.3 is 0 Å². The summed E-state index contributed by atoms with van der Waals surface area (Å²) in [7, 11) is 0. The number of nitrogens with zero attached hydrogens (tertiary/aromatic N) is 2. The smallest absolute Gasteiger partial charge is 0.289 e. The first-order valence-corrected chi connectivity index (χ1v) is 8.49. The van der Waals surface area contributed by atoms with Crippen molar-refractivity contribution in [1.29, 1.82) is 0 Å². The van der Waals surface area contributed by atoms with Crippen LogP contribution in [0.3, 0.4) is 0 Å². The van der Waals surface area contributed by atoms with Crippen LogP contribution >= 0.6 is 0 Å². The largest absolute Gasteiger partial charge is 0.455 e. The van der Waals surface area contributed by atoms with Gasteiger partial charge in [0.15, 0.2) is 11.5 Å². The summed E-state index contributed by atoms with van der Waals surface area (Å²) in [6.45, 7) is 12.4. The molecule has 2 heterocycles. The lowest BCUT2D eigenvalue weighted by molar-refractivity contribution is 0.0607. The number of ketones is 1. The van der Waals surface area contributed by atoms with Crippen molar-refractivity contribution in [2.24, 2.45) is 5.41 Å². The lowest BCUT2D eigenvalue weighted by Gasteiger charge is -2.33. The Morgan fingerprint density at radius 1 is 1.17 bits per heavy atom. The fourth-order valence-electron chi connectivity index (χ4n) is 3.70. The Bertz CT molecular complexity index is 637. The van der Waals surface area contributed by atoms with E-state index in [9.17, 15) is 9.59 Å². The Morgan fingerprint density at radius 2 is 1.83 bits per heavy atom. The highest BCUT2D eigenvalue weighted by Crippen LogP contribution is 2.38. The van der Waals surface area contributed by atoms with Crippen molar-refractivity contribution in [1.82, 2.24) is 9.80 Å². The zero-order valence-electron chi connectivity index (χ0n) is 14.6. The number of hydrogen-bond donors (Lipinski definition) is 0. The van der Waals surface area contributed by atoms with E-state index >= 15 is 0 Å². The number of Topliss-reactive ketones (excluding diaryl/α,β-unsaturated/α-hetero) is 1. The molecule has 23 heavy (non-hydrogen) atoms. The van der Waals surface area contributed by atoms with Gasteiger partial charge in [-0.25, -0.2) is 0 Å². The highest BCUT2D eigenvalue weighted by atomic mass is 16.4. The first-order valence-electron chi connectivity index (χ1n) is 8.49. The molecular weight excluding hydrogens is 292 g/mol. The van der Waals surface area contributed by atoms with Gasteiger partial charge in [-0.15, -0.1) is 0 Å². The van der Waals surface area contributed by atoms with E-state index in [0.29, 0.717) is 29.9 Å². The maximum Gasteiger partial charge on any atom is 0.289 e. The van der Waals surface area contributed by atoms with Crippen LogP contribution in [0.1, 0.15) is 59.4 Å². The van der Waals surface area contributed by atoms with Crippen molar-refractivity contribution in [3.05, 3.63) is 22.6 Å². The summed E-state index contributed by atoms with van der Waals surface area (Å²) in [5.41, 5.74) is 1.28. The minimum absolute atomic E-state index is 0.0711. The van der Waals surface area contributed by atoms with Crippen LogP contribution < -0.4 is 0 Å². The number of fused-ring (bicyclic) bond motifs is 1. The van der Waals surface area contributed by atoms with Gasteiger partial charge in [-0.2, -0.15) is 0 Å². The molecule has 126 valence electrons. The summed E-state index contributed by atoms with van der Waals surface area (Å²) in [6.07, 6.45) is 1.23. The summed E-state index contributed by atoms with van der Waals surface area (Å²) in [6, 6.07) is 0. The molecule has 1 saturated heterocycles. The normalized spacial score (nSPS) is 21.4. The predicted octanol–water partition coefficient (Wildman–Crippen LogP) is 2.52. The van der Waals surface area contributed by atoms with Crippen LogP contribution in [0.5, 0.6) is 0 Å². The van der Waals surface area contributed by atoms with Crippen LogP contribution in [-0.4, -0.2) is 54.2 Å². The molecule has 1 aliphatic heterocycles. The SMILES string of the molecule is CCN1CCN(C(=O)c2oc3c(c2C)C(=O)CC(C)(C)C3)CC1. The second kappa shape index (κ2) is 5.78. The minimum Gasteiger partial charge on any atom is -0.455 e. The molecule has 1 fully saturated rings. The first kappa shape index (κ1) is 16.2. The average Bonchev–Trinajstić information content (AvgIpc) is 2.82. The number of carbonyl (C=O) groups is 2. The summed E-state index contributed by atoms with van der Waals surface area (Å²) in [5, 5.41) is 0. The number of carbonyl (C=O) groups excluding carboxylic acids is 2. The third kappa shape index (κ3) is 2.94. The Balaban J connectivity index is 1.85. The monoisotopic (exact) mass is 318 g/mol. The number of piperazine rings is 1. The second-order valence-electron chi connectivity index (χ2n) is 7.52. The fraction of sp³-hybridized carbons (Fsp3) is 0.667. The van der Waals surface area contributed by atoms with Crippen LogP contribution in [0, 0.1) is 12.3 Å². The Labute approximate surface area is 137 Å². The fourth-order valence-corrected chi connectivity index (χ4v) is 3.70. The molecule has 3 rings (SSSR count). The van der Waals surface area contributed by atoms with E-state index in [-0.39, 0.29) is 17.1 Å². The molecule has 0 unspecified atom stereocenters. The van der Waals surface area contributed by atoms with Gasteiger partial charge in [0.1, 0.15) is 5.76 Å². The van der Waals surface area contributed by atoms with Crippen LogP contribution in [0.25, 0.3) is 0 Å². The molecule has 0 radical (unpaired) electrons. The lowest BCUT2D eigenvalue weighted by Crippen LogP contribution is -2.48. The van der Waals surface area contributed by atoms with Gasteiger partial charge in [0.05, 0.1) is 5.56 Å². The second-order valence-corrected chi connectivity index (χ2v) is 7.52. The van der Waals surface area contributed by atoms with Gasteiger partial charge in [-0.3, -0.25) is 9.59 Å². The van der Waals surface area contributed by atoms with Crippen LogP contribution in [0.2, 0.25) is 0 Å². The molecule has 0 bridgehead atoms. The molecule has 1 aromatic rings. The minimum atomic E-state index is -0.0958. The summed E-state index contributed by atoms with van der Waals surface area (Å²) < 4.78 is 5.89. The van der Waals surface area contributed by atoms with E-state index in [1.807, 2.05) is 11.8 Å². The van der Waals surface area contributed by atoms with E-state index in [1.54, 1.807) is 0 Å². The Hall–Kier alpha value is -1.62. The quantitative estimate of drug-likeness (QED) is 0.841.